The van der Waals surface area contributed by atoms with E-state index in [2.05, 4.69) is 46.9 Å². The van der Waals surface area contributed by atoms with Gasteiger partial charge in [0.25, 0.3) is 0 Å². The fraction of sp³-hybridized carbons (Fsp3) is 1.00. The standard InChI is InChI=1S/C13H30N2/c1-11(2)9-12(3,4)10-15-13(5,6)7-8-14/h11,15H,7-10,14H2,1-6H3. The molecule has 0 aliphatic heterocycles. The summed E-state index contributed by atoms with van der Waals surface area (Å²) in [4.78, 5) is 0. The summed E-state index contributed by atoms with van der Waals surface area (Å²) in [6.45, 7) is 15.5. The van der Waals surface area contributed by atoms with Gasteiger partial charge in [-0.3, -0.25) is 0 Å². The van der Waals surface area contributed by atoms with Crippen LogP contribution in [0.1, 0.15) is 54.4 Å². The molecule has 3 N–H and O–H groups in total. The molecule has 92 valence electrons. The first-order valence-corrected chi connectivity index (χ1v) is 6.14. The Morgan fingerprint density at radius 2 is 1.67 bits per heavy atom. The molecule has 0 fully saturated rings. The third-order valence-corrected chi connectivity index (χ3v) is 2.78. The van der Waals surface area contributed by atoms with Crippen molar-refractivity contribution in [3.05, 3.63) is 0 Å². The molecule has 0 aromatic carbocycles. The van der Waals surface area contributed by atoms with Gasteiger partial charge in [0.1, 0.15) is 0 Å². The summed E-state index contributed by atoms with van der Waals surface area (Å²) in [6.07, 6.45) is 2.30. The summed E-state index contributed by atoms with van der Waals surface area (Å²) in [5.74, 6) is 0.763. The van der Waals surface area contributed by atoms with E-state index in [0.29, 0.717) is 5.41 Å². The van der Waals surface area contributed by atoms with Crippen LogP contribution in [0.4, 0.5) is 0 Å². The van der Waals surface area contributed by atoms with Crippen molar-refractivity contribution in [3.8, 4) is 0 Å². The third kappa shape index (κ3) is 7.80. The molecule has 0 rings (SSSR count). The van der Waals surface area contributed by atoms with E-state index in [1.54, 1.807) is 0 Å². The molecule has 0 amide bonds. The molecule has 0 saturated carbocycles. The van der Waals surface area contributed by atoms with Crippen LogP contribution in [0.5, 0.6) is 0 Å². The van der Waals surface area contributed by atoms with E-state index in [1.165, 1.54) is 6.42 Å². The van der Waals surface area contributed by atoms with E-state index in [9.17, 15) is 0 Å². The Kier molecular flexibility index (Phi) is 5.82. The Labute approximate surface area is 96.0 Å². The van der Waals surface area contributed by atoms with Gasteiger partial charge in [-0.2, -0.15) is 0 Å². The largest absolute Gasteiger partial charge is 0.330 e. The molecule has 0 saturated heterocycles. The maximum atomic E-state index is 5.59. The first-order valence-electron chi connectivity index (χ1n) is 6.14. The smallest absolute Gasteiger partial charge is 0.0137 e. The van der Waals surface area contributed by atoms with E-state index >= 15 is 0 Å². The molecule has 0 aliphatic carbocycles. The van der Waals surface area contributed by atoms with Gasteiger partial charge >= 0.3 is 0 Å². The number of nitrogens with one attached hydrogen (secondary N) is 1. The SMILES string of the molecule is CC(C)CC(C)(C)CNC(C)(C)CCN. The van der Waals surface area contributed by atoms with Crippen molar-refractivity contribution >= 4 is 0 Å². The van der Waals surface area contributed by atoms with Crippen molar-refractivity contribution in [1.82, 2.24) is 5.32 Å². The van der Waals surface area contributed by atoms with Gasteiger partial charge in [-0.05, 0) is 44.6 Å². The van der Waals surface area contributed by atoms with Gasteiger partial charge in [0.2, 0.25) is 0 Å². The van der Waals surface area contributed by atoms with Crippen LogP contribution in [0.2, 0.25) is 0 Å². The van der Waals surface area contributed by atoms with Gasteiger partial charge in [0, 0.05) is 12.1 Å². The highest BCUT2D eigenvalue weighted by Crippen LogP contribution is 2.25. The predicted octanol–water partition coefficient (Wildman–Crippen LogP) is 2.78. The van der Waals surface area contributed by atoms with Crippen LogP contribution in [-0.2, 0) is 0 Å². The second kappa shape index (κ2) is 5.86. The van der Waals surface area contributed by atoms with Crippen LogP contribution in [0.25, 0.3) is 0 Å². The Morgan fingerprint density at radius 1 is 1.13 bits per heavy atom. The monoisotopic (exact) mass is 214 g/mol. The van der Waals surface area contributed by atoms with Crippen LogP contribution < -0.4 is 11.1 Å². The maximum absolute atomic E-state index is 5.59. The maximum Gasteiger partial charge on any atom is 0.0137 e. The molecule has 0 spiro atoms. The Hall–Kier alpha value is -0.0800. The summed E-state index contributed by atoms with van der Waals surface area (Å²) in [5, 5.41) is 3.63. The molecule has 15 heavy (non-hydrogen) atoms. The van der Waals surface area contributed by atoms with Gasteiger partial charge in [-0.1, -0.05) is 27.7 Å². The highest BCUT2D eigenvalue weighted by molar-refractivity contribution is 4.82. The second-order valence-electron chi connectivity index (χ2n) is 6.54. The van der Waals surface area contributed by atoms with E-state index in [4.69, 9.17) is 5.73 Å². The lowest BCUT2D eigenvalue weighted by atomic mass is 9.83. The molecule has 0 unspecified atom stereocenters. The normalized spacial score (nSPS) is 13.6. The first-order chi connectivity index (χ1) is 6.68. The van der Waals surface area contributed by atoms with Crippen LogP contribution >= 0.6 is 0 Å². The summed E-state index contributed by atoms with van der Waals surface area (Å²) in [5.41, 5.74) is 6.14. The van der Waals surface area contributed by atoms with Crippen molar-refractivity contribution < 1.29 is 0 Å². The quantitative estimate of drug-likeness (QED) is 0.684. The average Bonchev–Trinajstić information content (AvgIpc) is 1.99. The zero-order valence-corrected chi connectivity index (χ0v) is 11.5. The number of rotatable bonds is 7. The van der Waals surface area contributed by atoms with Gasteiger partial charge in [-0.15, -0.1) is 0 Å². The second-order valence-corrected chi connectivity index (χ2v) is 6.54. The predicted molar refractivity (Wildman–Crippen MR) is 69.0 cm³/mol. The Morgan fingerprint density at radius 3 is 2.07 bits per heavy atom. The fourth-order valence-electron chi connectivity index (χ4n) is 2.11. The summed E-state index contributed by atoms with van der Waals surface area (Å²) < 4.78 is 0. The van der Waals surface area contributed by atoms with Gasteiger partial charge in [0.15, 0.2) is 0 Å². The summed E-state index contributed by atoms with van der Waals surface area (Å²) >= 11 is 0. The van der Waals surface area contributed by atoms with E-state index in [0.717, 1.165) is 25.4 Å². The van der Waals surface area contributed by atoms with Crippen molar-refractivity contribution in [1.29, 1.82) is 0 Å². The van der Waals surface area contributed by atoms with Gasteiger partial charge < -0.3 is 11.1 Å². The Balaban J connectivity index is 4.01. The molecule has 2 heteroatoms. The minimum absolute atomic E-state index is 0.170. The molecular weight excluding hydrogens is 184 g/mol. The summed E-state index contributed by atoms with van der Waals surface area (Å²) in [7, 11) is 0. The Bertz CT molecular complexity index is 171. The number of hydrogen-bond acceptors (Lipinski definition) is 2. The molecular formula is C13H30N2. The van der Waals surface area contributed by atoms with Gasteiger partial charge in [-0.25, -0.2) is 0 Å². The first kappa shape index (κ1) is 14.9. The van der Waals surface area contributed by atoms with Gasteiger partial charge in [0.05, 0.1) is 0 Å². The molecule has 0 bridgehead atoms. The van der Waals surface area contributed by atoms with Crippen molar-refractivity contribution in [2.45, 2.75) is 59.9 Å². The van der Waals surface area contributed by atoms with Crippen molar-refractivity contribution in [2.24, 2.45) is 17.1 Å². The zero-order valence-electron chi connectivity index (χ0n) is 11.5. The fourth-order valence-corrected chi connectivity index (χ4v) is 2.11. The topological polar surface area (TPSA) is 38.0 Å². The van der Waals surface area contributed by atoms with Crippen molar-refractivity contribution in [3.63, 3.8) is 0 Å². The molecule has 0 aliphatic rings. The van der Waals surface area contributed by atoms with Crippen LogP contribution in [0.15, 0.2) is 0 Å². The molecule has 0 radical (unpaired) electrons. The lowest BCUT2D eigenvalue weighted by Gasteiger charge is -2.33. The number of nitrogens with two attached hydrogens (primary N) is 1. The molecule has 0 aromatic heterocycles. The van der Waals surface area contributed by atoms with Crippen LogP contribution in [0.3, 0.4) is 0 Å². The van der Waals surface area contributed by atoms with E-state index in [1.807, 2.05) is 0 Å². The average molecular weight is 214 g/mol. The highest BCUT2D eigenvalue weighted by atomic mass is 15.0. The van der Waals surface area contributed by atoms with E-state index in [-0.39, 0.29) is 5.54 Å². The molecule has 0 aromatic rings. The highest BCUT2D eigenvalue weighted by Gasteiger charge is 2.23. The van der Waals surface area contributed by atoms with Crippen LogP contribution in [0, 0.1) is 11.3 Å². The minimum atomic E-state index is 0.170. The summed E-state index contributed by atoms with van der Waals surface area (Å²) in [6, 6.07) is 0. The minimum Gasteiger partial charge on any atom is -0.330 e. The van der Waals surface area contributed by atoms with E-state index < -0.39 is 0 Å². The van der Waals surface area contributed by atoms with Crippen LogP contribution in [-0.4, -0.2) is 18.6 Å². The molecule has 2 nitrogen and oxygen atoms in total. The molecule has 0 heterocycles. The van der Waals surface area contributed by atoms with Crippen molar-refractivity contribution in [2.75, 3.05) is 13.1 Å². The lowest BCUT2D eigenvalue weighted by molar-refractivity contribution is 0.233. The third-order valence-electron chi connectivity index (χ3n) is 2.78. The lowest BCUT2D eigenvalue weighted by Crippen LogP contribution is -2.45. The molecule has 0 atom stereocenters. The number of hydrogen-bond donors (Lipinski definition) is 2. The zero-order chi connectivity index (χ0) is 12.1.